The lowest BCUT2D eigenvalue weighted by atomic mass is 9.78. The highest BCUT2D eigenvalue weighted by Gasteiger charge is 2.27. The van der Waals surface area contributed by atoms with Crippen LogP contribution in [0.2, 0.25) is 0 Å². The Hall–Kier alpha value is -2.29. The third-order valence-electron chi connectivity index (χ3n) is 5.57. The topological polar surface area (TPSA) is 57.5 Å². The van der Waals surface area contributed by atoms with Gasteiger partial charge in [0, 0.05) is 11.1 Å². The predicted octanol–water partition coefficient (Wildman–Crippen LogP) is 7.97. The molecule has 2 aromatic carbocycles. The van der Waals surface area contributed by atoms with Gasteiger partial charge < -0.3 is 10.2 Å². The standard InChI is InChI=1S/C15H22O3.C14H22/c1-14(2,3)10-7-9(13(17)18)8-11(12(10)16)15(4,5)6;1-13(2,3)11-8-7-9-12(10-11)14(4,5)6/h7-8,16H,1-6H3,(H,17,18);7-10H,1-6H3. The molecule has 0 bridgehead atoms. The minimum absolute atomic E-state index is 0.208. The van der Waals surface area contributed by atoms with E-state index in [9.17, 15) is 15.0 Å². The van der Waals surface area contributed by atoms with Crippen molar-refractivity contribution >= 4 is 5.97 Å². The molecular weight excluding hydrogens is 396 g/mol. The first-order valence-corrected chi connectivity index (χ1v) is 11.4. The van der Waals surface area contributed by atoms with Crippen molar-refractivity contribution in [3.05, 3.63) is 64.2 Å². The Morgan fingerprint density at radius 3 is 1.22 bits per heavy atom. The molecule has 0 atom stereocenters. The highest BCUT2D eigenvalue weighted by Crippen LogP contribution is 2.39. The summed E-state index contributed by atoms with van der Waals surface area (Å²) in [5.74, 6) is -0.758. The van der Waals surface area contributed by atoms with Gasteiger partial charge in [0.2, 0.25) is 0 Å². The monoisotopic (exact) mass is 440 g/mol. The molecule has 0 aromatic heterocycles. The highest BCUT2D eigenvalue weighted by molar-refractivity contribution is 5.88. The molecule has 0 saturated carbocycles. The number of benzene rings is 2. The van der Waals surface area contributed by atoms with Crippen molar-refractivity contribution in [3.63, 3.8) is 0 Å². The highest BCUT2D eigenvalue weighted by atomic mass is 16.4. The summed E-state index contributed by atoms with van der Waals surface area (Å²) in [6.07, 6.45) is 0. The van der Waals surface area contributed by atoms with E-state index < -0.39 is 5.97 Å². The van der Waals surface area contributed by atoms with Gasteiger partial charge in [-0.1, -0.05) is 107 Å². The van der Waals surface area contributed by atoms with Gasteiger partial charge in [-0.05, 0) is 44.9 Å². The normalized spacial score (nSPS) is 12.8. The maximum atomic E-state index is 11.2. The molecule has 2 aromatic rings. The molecular formula is C29H44O3. The number of carbonyl (C=O) groups is 1. The summed E-state index contributed by atoms with van der Waals surface area (Å²) in [5, 5.41) is 19.5. The van der Waals surface area contributed by atoms with Gasteiger partial charge in [-0.25, -0.2) is 4.79 Å². The van der Waals surface area contributed by atoms with Gasteiger partial charge in [-0.15, -0.1) is 0 Å². The van der Waals surface area contributed by atoms with Crippen molar-refractivity contribution in [2.24, 2.45) is 0 Å². The molecule has 32 heavy (non-hydrogen) atoms. The average Bonchev–Trinajstić information content (AvgIpc) is 2.59. The van der Waals surface area contributed by atoms with Gasteiger partial charge in [0.25, 0.3) is 0 Å². The summed E-state index contributed by atoms with van der Waals surface area (Å²) in [5.41, 5.74) is 4.32. The minimum Gasteiger partial charge on any atom is -0.507 e. The van der Waals surface area contributed by atoms with Crippen molar-refractivity contribution in [1.29, 1.82) is 0 Å². The summed E-state index contributed by atoms with van der Waals surface area (Å²) in [4.78, 5) is 11.2. The van der Waals surface area contributed by atoms with Crippen molar-refractivity contribution in [1.82, 2.24) is 0 Å². The molecule has 2 rings (SSSR count). The number of rotatable bonds is 1. The maximum Gasteiger partial charge on any atom is 0.335 e. The van der Waals surface area contributed by atoms with Gasteiger partial charge in [0.15, 0.2) is 0 Å². The lowest BCUT2D eigenvalue weighted by Gasteiger charge is -2.27. The molecule has 0 saturated heterocycles. The lowest BCUT2D eigenvalue weighted by molar-refractivity contribution is 0.0696. The average molecular weight is 441 g/mol. The molecule has 0 spiro atoms. The van der Waals surface area contributed by atoms with E-state index in [1.54, 1.807) is 12.1 Å². The number of carboxylic acids is 1. The smallest absolute Gasteiger partial charge is 0.335 e. The van der Waals surface area contributed by atoms with Gasteiger partial charge in [-0.3, -0.25) is 0 Å². The van der Waals surface area contributed by atoms with Crippen LogP contribution in [-0.4, -0.2) is 16.2 Å². The fourth-order valence-corrected chi connectivity index (χ4v) is 3.35. The Bertz CT molecular complexity index is 876. The molecule has 0 heterocycles. The number of hydrogen-bond donors (Lipinski definition) is 2. The Kier molecular flexibility index (Phi) is 8.06. The Morgan fingerprint density at radius 2 is 0.969 bits per heavy atom. The fraction of sp³-hybridized carbons (Fsp3) is 0.552. The van der Waals surface area contributed by atoms with E-state index in [1.807, 2.05) is 41.5 Å². The van der Waals surface area contributed by atoms with Crippen LogP contribution in [0.15, 0.2) is 36.4 Å². The van der Waals surface area contributed by atoms with Crippen molar-refractivity contribution < 1.29 is 15.0 Å². The van der Waals surface area contributed by atoms with Crippen LogP contribution in [0.4, 0.5) is 0 Å². The molecule has 2 N–H and O–H groups in total. The van der Waals surface area contributed by atoms with Gasteiger partial charge in [-0.2, -0.15) is 0 Å². The van der Waals surface area contributed by atoms with Crippen molar-refractivity contribution in [2.75, 3.05) is 0 Å². The number of carboxylic acid groups (broad SMARTS) is 1. The van der Waals surface area contributed by atoms with Crippen LogP contribution in [0.3, 0.4) is 0 Å². The fourth-order valence-electron chi connectivity index (χ4n) is 3.35. The van der Waals surface area contributed by atoms with Crippen LogP contribution in [0, 0.1) is 0 Å². The summed E-state index contributed by atoms with van der Waals surface area (Å²) < 4.78 is 0. The molecule has 3 heteroatoms. The second-order valence-corrected chi connectivity index (χ2v) is 12.8. The Morgan fingerprint density at radius 1 is 0.625 bits per heavy atom. The number of phenols is 1. The van der Waals surface area contributed by atoms with Crippen LogP contribution in [0.25, 0.3) is 0 Å². The summed E-state index contributed by atoms with van der Waals surface area (Å²) in [7, 11) is 0. The molecule has 0 aliphatic rings. The number of phenolic OH excluding ortho intramolecular Hbond substituents is 1. The molecule has 0 unspecified atom stereocenters. The van der Waals surface area contributed by atoms with E-state index in [4.69, 9.17) is 0 Å². The molecule has 0 aliphatic heterocycles. The molecule has 3 nitrogen and oxygen atoms in total. The van der Waals surface area contributed by atoms with Crippen LogP contribution in [0.1, 0.15) is 116 Å². The van der Waals surface area contributed by atoms with Gasteiger partial charge in [0.05, 0.1) is 5.56 Å². The van der Waals surface area contributed by atoms with E-state index >= 15 is 0 Å². The van der Waals surface area contributed by atoms with E-state index in [0.717, 1.165) is 0 Å². The second-order valence-electron chi connectivity index (χ2n) is 12.8. The zero-order chi connectivity index (χ0) is 25.3. The first kappa shape index (κ1) is 27.7. The number of aromatic carboxylic acids is 1. The Balaban J connectivity index is 0.000000330. The van der Waals surface area contributed by atoms with Crippen LogP contribution < -0.4 is 0 Å². The first-order valence-electron chi connectivity index (χ1n) is 11.4. The van der Waals surface area contributed by atoms with E-state index in [0.29, 0.717) is 11.1 Å². The van der Waals surface area contributed by atoms with Crippen molar-refractivity contribution in [2.45, 2.75) is 105 Å². The summed E-state index contributed by atoms with van der Waals surface area (Å²) >= 11 is 0. The molecule has 0 aliphatic carbocycles. The molecule has 0 amide bonds. The zero-order valence-corrected chi connectivity index (χ0v) is 22.3. The van der Waals surface area contributed by atoms with E-state index in [1.165, 1.54) is 11.1 Å². The Labute approximate surface area is 195 Å². The molecule has 0 radical (unpaired) electrons. The SMILES string of the molecule is CC(C)(C)c1cc(C(=O)O)cc(C(C)(C)C)c1O.CC(C)(C)c1cccc(C(C)(C)C)c1. The number of hydrogen-bond acceptors (Lipinski definition) is 2. The summed E-state index contributed by atoms with van der Waals surface area (Å²) in [6.45, 7) is 25.3. The maximum absolute atomic E-state index is 11.2. The molecule has 0 fully saturated rings. The predicted molar refractivity (Wildman–Crippen MR) is 136 cm³/mol. The lowest BCUT2D eigenvalue weighted by Crippen LogP contribution is -2.18. The third kappa shape index (κ3) is 7.39. The van der Waals surface area contributed by atoms with Crippen LogP contribution in [-0.2, 0) is 21.7 Å². The quantitative estimate of drug-likeness (QED) is 0.473. The second kappa shape index (κ2) is 9.29. The largest absolute Gasteiger partial charge is 0.507 e. The van der Waals surface area contributed by atoms with Crippen LogP contribution in [0.5, 0.6) is 5.75 Å². The van der Waals surface area contributed by atoms with E-state index in [2.05, 4.69) is 65.8 Å². The first-order chi connectivity index (χ1) is 14.2. The summed E-state index contributed by atoms with van der Waals surface area (Å²) in [6, 6.07) is 12.1. The van der Waals surface area contributed by atoms with Gasteiger partial charge >= 0.3 is 5.97 Å². The number of aromatic hydroxyl groups is 1. The van der Waals surface area contributed by atoms with Gasteiger partial charge in [0.1, 0.15) is 5.75 Å². The van der Waals surface area contributed by atoms with E-state index in [-0.39, 0.29) is 33.0 Å². The minimum atomic E-state index is -0.967. The van der Waals surface area contributed by atoms with Crippen molar-refractivity contribution in [3.8, 4) is 5.75 Å². The molecule has 178 valence electrons. The third-order valence-corrected chi connectivity index (χ3v) is 5.57. The van der Waals surface area contributed by atoms with Crippen LogP contribution >= 0.6 is 0 Å². The zero-order valence-electron chi connectivity index (χ0n) is 22.3.